The van der Waals surface area contributed by atoms with Gasteiger partial charge in [0.05, 0.1) is 12.6 Å². The van der Waals surface area contributed by atoms with Crippen molar-refractivity contribution in [3.8, 4) is 0 Å². The number of nitrogens with one attached hydrogen (secondary N) is 2. The lowest BCUT2D eigenvalue weighted by atomic mass is 9.86. The summed E-state index contributed by atoms with van der Waals surface area (Å²) >= 11 is 0. The molecule has 1 atom stereocenters. The van der Waals surface area contributed by atoms with Crippen molar-refractivity contribution in [2.75, 3.05) is 18.8 Å². The Morgan fingerprint density at radius 3 is 2.67 bits per heavy atom. The molecule has 1 unspecified atom stereocenters. The Balaban J connectivity index is 1.50. The maximum absolute atomic E-state index is 12.1. The quantitative estimate of drug-likeness (QED) is 0.541. The van der Waals surface area contributed by atoms with Crippen molar-refractivity contribution in [3.63, 3.8) is 0 Å². The first-order valence-electron chi connectivity index (χ1n) is 9.40. The van der Waals surface area contributed by atoms with E-state index in [0.29, 0.717) is 24.8 Å². The molecule has 0 radical (unpaired) electrons. The molecule has 3 rings (SSSR count). The van der Waals surface area contributed by atoms with E-state index < -0.39 is 0 Å². The van der Waals surface area contributed by atoms with Gasteiger partial charge in [-0.1, -0.05) is 48.4 Å². The van der Waals surface area contributed by atoms with Crippen LogP contribution in [-0.4, -0.2) is 31.9 Å². The molecular weight excluding hydrogens is 335 g/mol. The Hall–Kier alpha value is -2.89. The van der Waals surface area contributed by atoms with Crippen LogP contribution in [0.2, 0.25) is 0 Å². The van der Waals surface area contributed by atoms with E-state index in [2.05, 4.69) is 54.2 Å². The Morgan fingerprint density at radius 1 is 1.19 bits per heavy atom. The van der Waals surface area contributed by atoms with Gasteiger partial charge in [0, 0.05) is 24.5 Å². The van der Waals surface area contributed by atoms with Crippen LogP contribution in [0.1, 0.15) is 30.0 Å². The number of likely N-dealkylation sites (tertiary alicyclic amines) is 1. The maximum Gasteiger partial charge on any atom is 0.315 e. The standard InChI is InChI=1S/C21H27BN4O/c1-15(13-24-21(27)25-14-16-8-10-17(23)11-9-16)26-12-4-7-20(26)18-5-2-3-6-19(18)22/h2-3,5-6,8-11,20H,1,4,7,12-14,22-23H2,(H2,24,25,27). The van der Waals surface area contributed by atoms with E-state index in [1.807, 2.05) is 24.3 Å². The minimum atomic E-state index is -0.195. The lowest BCUT2D eigenvalue weighted by Crippen LogP contribution is -2.39. The smallest absolute Gasteiger partial charge is 0.315 e. The molecule has 4 N–H and O–H groups in total. The van der Waals surface area contributed by atoms with Gasteiger partial charge in [-0.3, -0.25) is 0 Å². The molecule has 2 aromatic carbocycles. The average molecular weight is 362 g/mol. The zero-order valence-electron chi connectivity index (χ0n) is 15.9. The summed E-state index contributed by atoms with van der Waals surface area (Å²) in [4.78, 5) is 14.4. The van der Waals surface area contributed by atoms with E-state index in [1.54, 1.807) is 0 Å². The number of urea groups is 1. The van der Waals surface area contributed by atoms with Crippen molar-refractivity contribution >= 4 is 25.0 Å². The summed E-state index contributed by atoms with van der Waals surface area (Å²) < 4.78 is 0. The number of anilines is 1. The third-order valence-electron chi connectivity index (χ3n) is 5.09. The lowest BCUT2D eigenvalue weighted by Gasteiger charge is -2.30. The molecule has 2 aromatic rings. The SMILES string of the molecule is Bc1ccccc1C1CCCN1C(=C)CNC(=O)NCc1ccc(N)cc1. The minimum absolute atomic E-state index is 0.195. The topological polar surface area (TPSA) is 70.4 Å². The molecule has 0 aliphatic carbocycles. The van der Waals surface area contributed by atoms with Gasteiger partial charge in [-0.25, -0.2) is 4.79 Å². The number of carbonyl (C=O) groups is 1. The number of hydrogen-bond donors (Lipinski definition) is 3. The molecule has 27 heavy (non-hydrogen) atoms. The number of rotatable bonds is 6. The van der Waals surface area contributed by atoms with Gasteiger partial charge >= 0.3 is 6.03 Å². The molecule has 0 aromatic heterocycles. The van der Waals surface area contributed by atoms with E-state index in [9.17, 15) is 4.79 Å². The van der Waals surface area contributed by atoms with E-state index >= 15 is 0 Å². The summed E-state index contributed by atoms with van der Waals surface area (Å²) in [6, 6.07) is 16.1. The molecule has 0 saturated carbocycles. The van der Waals surface area contributed by atoms with Crippen LogP contribution in [-0.2, 0) is 6.54 Å². The molecule has 1 aliphatic heterocycles. The second-order valence-corrected chi connectivity index (χ2v) is 7.05. The largest absolute Gasteiger partial charge is 0.399 e. The summed E-state index contributed by atoms with van der Waals surface area (Å²) in [5.41, 5.74) is 11.0. The Bertz CT molecular complexity index is 806. The first-order valence-corrected chi connectivity index (χ1v) is 9.40. The molecular formula is C21H27BN4O. The van der Waals surface area contributed by atoms with Gasteiger partial charge < -0.3 is 21.3 Å². The monoisotopic (exact) mass is 362 g/mol. The number of nitrogens with two attached hydrogens (primary N) is 1. The fourth-order valence-corrected chi connectivity index (χ4v) is 3.59. The molecule has 1 aliphatic rings. The summed E-state index contributed by atoms with van der Waals surface area (Å²) in [5.74, 6) is 0. The third-order valence-corrected chi connectivity index (χ3v) is 5.09. The molecule has 1 fully saturated rings. The van der Waals surface area contributed by atoms with Crippen LogP contribution in [0.5, 0.6) is 0 Å². The number of hydrogen-bond acceptors (Lipinski definition) is 3. The van der Waals surface area contributed by atoms with Gasteiger partial charge in [-0.05, 0) is 36.1 Å². The van der Waals surface area contributed by atoms with Gasteiger partial charge in [0.2, 0.25) is 0 Å². The summed E-state index contributed by atoms with van der Waals surface area (Å²) in [6.07, 6.45) is 2.26. The van der Waals surface area contributed by atoms with E-state index in [0.717, 1.165) is 30.6 Å². The van der Waals surface area contributed by atoms with Crippen LogP contribution in [0.15, 0.2) is 60.8 Å². The number of amides is 2. The van der Waals surface area contributed by atoms with Crippen molar-refractivity contribution in [2.45, 2.75) is 25.4 Å². The fourth-order valence-electron chi connectivity index (χ4n) is 3.59. The normalized spacial score (nSPS) is 16.1. The van der Waals surface area contributed by atoms with Crippen molar-refractivity contribution < 1.29 is 4.79 Å². The van der Waals surface area contributed by atoms with Crippen LogP contribution in [0.3, 0.4) is 0 Å². The summed E-state index contributed by atoms with van der Waals surface area (Å²) in [7, 11) is 2.15. The van der Waals surface area contributed by atoms with Crippen molar-refractivity contribution in [1.29, 1.82) is 0 Å². The summed E-state index contributed by atoms with van der Waals surface area (Å²) in [6.45, 7) is 6.10. The van der Waals surface area contributed by atoms with Gasteiger partial charge in [-0.15, -0.1) is 0 Å². The molecule has 1 heterocycles. The van der Waals surface area contributed by atoms with Crippen LogP contribution < -0.4 is 21.8 Å². The van der Waals surface area contributed by atoms with Crippen LogP contribution in [0, 0.1) is 0 Å². The maximum atomic E-state index is 12.1. The van der Waals surface area contributed by atoms with Crippen LogP contribution >= 0.6 is 0 Å². The highest BCUT2D eigenvalue weighted by Crippen LogP contribution is 2.33. The molecule has 140 valence electrons. The summed E-state index contributed by atoms with van der Waals surface area (Å²) in [5, 5.41) is 5.78. The van der Waals surface area contributed by atoms with Gasteiger partial charge in [-0.2, -0.15) is 0 Å². The van der Waals surface area contributed by atoms with Crippen molar-refractivity contribution in [1.82, 2.24) is 15.5 Å². The fraction of sp³-hybridized carbons (Fsp3) is 0.286. The highest BCUT2D eigenvalue weighted by Gasteiger charge is 2.27. The highest BCUT2D eigenvalue weighted by atomic mass is 16.2. The van der Waals surface area contributed by atoms with Gasteiger partial charge in [0.1, 0.15) is 7.85 Å². The highest BCUT2D eigenvalue weighted by molar-refractivity contribution is 6.33. The van der Waals surface area contributed by atoms with Gasteiger partial charge in [0.25, 0.3) is 0 Å². The Labute approximate surface area is 162 Å². The number of carbonyl (C=O) groups excluding carboxylic acids is 1. The first-order chi connectivity index (χ1) is 13.0. The van der Waals surface area contributed by atoms with Crippen LogP contribution in [0.4, 0.5) is 10.5 Å². The van der Waals surface area contributed by atoms with Crippen molar-refractivity contribution in [2.24, 2.45) is 0 Å². The number of benzene rings is 2. The van der Waals surface area contributed by atoms with Crippen LogP contribution in [0.25, 0.3) is 0 Å². The predicted molar refractivity (Wildman–Crippen MR) is 114 cm³/mol. The van der Waals surface area contributed by atoms with E-state index in [-0.39, 0.29) is 6.03 Å². The zero-order valence-corrected chi connectivity index (χ0v) is 15.9. The van der Waals surface area contributed by atoms with Gasteiger partial charge in [0.15, 0.2) is 0 Å². The second kappa shape index (κ2) is 8.67. The van der Waals surface area contributed by atoms with E-state index in [4.69, 9.17) is 5.73 Å². The lowest BCUT2D eigenvalue weighted by molar-refractivity contribution is 0.239. The molecule has 2 amide bonds. The molecule has 6 heteroatoms. The number of nitrogen functional groups attached to an aromatic ring is 1. The predicted octanol–water partition coefficient (Wildman–Crippen LogP) is 1.68. The average Bonchev–Trinajstić information content (AvgIpc) is 3.15. The Morgan fingerprint density at radius 2 is 1.93 bits per heavy atom. The molecule has 0 spiro atoms. The minimum Gasteiger partial charge on any atom is -0.399 e. The van der Waals surface area contributed by atoms with E-state index in [1.165, 1.54) is 11.0 Å². The molecule has 1 saturated heterocycles. The van der Waals surface area contributed by atoms with Crippen molar-refractivity contribution in [3.05, 3.63) is 71.9 Å². The number of nitrogens with zero attached hydrogens (tertiary/aromatic N) is 1. The molecule has 0 bridgehead atoms. The second-order valence-electron chi connectivity index (χ2n) is 7.05. The Kier molecular flexibility index (Phi) is 6.06. The molecule has 5 nitrogen and oxygen atoms in total. The first kappa shape index (κ1) is 18.9. The third kappa shape index (κ3) is 4.85. The zero-order chi connectivity index (χ0) is 19.2.